The van der Waals surface area contributed by atoms with Crippen LogP contribution in [0, 0.1) is 0 Å². The fraction of sp³-hybridized carbons (Fsp3) is 0.889. The third kappa shape index (κ3) is 4.50. The molecule has 1 N–H and O–H groups in total. The van der Waals surface area contributed by atoms with E-state index in [1.165, 1.54) is 0 Å². The van der Waals surface area contributed by atoms with Gasteiger partial charge in [-0.2, -0.15) is 0 Å². The van der Waals surface area contributed by atoms with Gasteiger partial charge in [-0.3, -0.25) is 4.79 Å². The standard InChI is InChI=1S/C9H15F2NO2/c1-9(10,11)5-8(13)12-7-3-2-4-14-6-7/h7H,2-6H2,1H3,(H,12,13)/t7-/m0/s1. The summed E-state index contributed by atoms with van der Waals surface area (Å²) in [6.45, 7) is 1.86. The molecule has 1 atom stereocenters. The topological polar surface area (TPSA) is 38.3 Å². The first-order chi connectivity index (χ1) is 6.47. The first-order valence-electron chi connectivity index (χ1n) is 4.72. The first kappa shape index (κ1) is 11.4. The largest absolute Gasteiger partial charge is 0.379 e. The summed E-state index contributed by atoms with van der Waals surface area (Å²) in [6.07, 6.45) is 0.929. The molecule has 0 aromatic heterocycles. The van der Waals surface area contributed by atoms with Crippen molar-refractivity contribution >= 4 is 5.91 Å². The number of rotatable bonds is 3. The van der Waals surface area contributed by atoms with Gasteiger partial charge in [0, 0.05) is 6.61 Å². The fourth-order valence-corrected chi connectivity index (χ4v) is 1.42. The number of carbonyl (C=O) groups excluding carboxylic acids is 1. The Bertz CT molecular complexity index is 197. The SMILES string of the molecule is CC(F)(F)CC(=O)N[C@H]1CCCOC1. The van der Waals surface area contributed by atoms with E-state index in [0.29, 0.717) is 13.2 Å². The van der Waals surface area contributed by atoms with E-state index < -0.39 is 18.3 Å². The Hall–Kier alpha value is -0.710. The highest BCUT2D eigenvalue weighted by atomic mass is 19.3. The lowest BCUT2D eigenvalue weighted by Gasteiger charge is -2.23. The first-order valence-corrected chi connectivity index (χ1v) is 4.72. The molecule has 1 fully saturated rings. The van der Waals surface area contributed by atoms with Crippen LogP contribution in [0.2, 0.25) is 0 Å². The number of hydrogen-bond acceptors (Lipinski definition) is 2. The van der Waals surface area contributed by atoms with E-state index in [-0.39, 0.29) is 6.04 Å². The summed E-state index contributed by atoms with van der Waals surface area (Å²) in [5.41, 5.74) is 0. The van der Waals surface area contributed by atoms with Crippen LogP contribution in [0.1, 0.15) is 26.2 Å². The van der Waals surface area contributed by atoms with Crippen molar-refractivity contribution in [2.75, 3.05) is 13.2 Å². The summed E-state index contributed by atoms with van der Waals surface area (Å²) < 4.78 is 30.0. The maximum Gasteiger partial charge on any atom is 0.254 e. The molecule has 1 saturated heterocycles. The molecule has 1 amide bonds. The maximum absolute atomic E-state index is 12.4. The smallest absolute Gasteiger partial charge is 0.254 e. The van der Waals surface area contributed by atoms with E-state index in [2.05, 4.69) is 5.32 Å². The summed E-state index contributed by atoms with van der Waals surface area (Å²) in [5, 5.41) is 2.53. The van der Waals surface area contributed by atoms with Crippen molar-refractivity contribution in [1.29, 1.82) is 0 Å². The van der Waals surface area contributed by atoms with Crippen LogP contribution in [-0.2, 0) is 9.53 Å². The van der Waals surface area contributed by atoms with E-state index in [1.54, 1.807) is 0 Å². The fourth-order valence-electron chi connectivity index (χ4n) is 1.42. The van der Waals surface area contributed by atoms with E-state index in [0.717, 1.165) is 19.8 Å². The van der Waals surface area contributed by atoms with Crippen molar-refractivity contribution in [1.82, 2.24) is 5.32 Å². The van der Waals surface area contributed by atoms with Gasteiger partial charge in [0.05, 0.1) is 19.1 Å². The zero-order valence-corrected chi connectivity index (χ0v) is 8.19. The van der Waals surface area contributed by atoms with Crippen LogP contribution >= 0.6 is 0 Å². The van der Waals surface area contributed by atoms with Gasteiger partial charge in [0.25, 0.3) is 5.92 Å². The molecule has 0 bridgehead atoms. The van der Waals surface area contributed by atoms with Crippen LogP contribution in [0.5, 0.6) is 0 Å². The minimum absolute atomic E-state index is 0.0985. The minimum Gasteiger partial charge on any atom is -0.379 e. The number of nitrogens with one attached hydrogen (secondary N) is 1. The van der Waals surface area contributed by atoms with Crippen molar-refractivity contribution in [3.05, 3.63) is 0 Å². The van der Waals surface area contributed by atoms with Crippen molar-refractivity contribution in [2.24, 2.45) is 0 Å². The lowest BCUT2D eigenvalue weighted by molar-refractivity contribution is -0.128. The summed E-state index contributed by atoms with van der Waals surface area (Å²) >= 11 is 0. The molecule has 1 aliphatic rings. The molecule has 14 heavy (non-hydrogen) atoms. The van der Waals surface area contributed by atoms with E-state index in [1.807, 2.05) is 0 Å². The number of hydrogen-bond donors (Lipinski definition) is 1. The summed E-state index contributed by atoms with van der Waals surface area (Å²) in [7, 11) is 0. The monoisotopic (exact) mass is 207 g/mol. The molecular weight excluding hydrogens is 192 g/mol. The lowest BCUT2D eigenvalue weighted by Crippen LogP contribution is -2.42. The Morgan fingerprint density at radius 3 is 2.86 bits per heavy atom. The third-order valence-electron chi connectivity index (χ3n) is 2.00. The number of carbonyl (C=O) groups is 1. The molecule has 0 spiro atoms. The van der Waals surface area contributed by atoms with Gasteiger partial charge >= 0.3 is 0 Å². The third-order valence-corrected chi connectivity index (χ3v) is 2.00. The predicted octanol–water partition coefficient (Wildman–Crippen LogP) is 1.33. The summed E-state index contributed by atoms with van der Waals surface area (Å²) in [6, 6.07) is -0.0985. The van der Waals surface area contributed by atoms with E-state index in [4.69, 9.17) is 4.74 Å². The molecule has 3 nitrogen and oxygen atoms in total. The molecule has 5 heteroatoms. The van der Waals surface area contributed by atoms with Gasteiger partial charge in [0.2, 0.25) is 5.91 Å². The molecule has 0 saturated carbocycles. The van der Waals surface area contributed by atoms with Gasteiger partial charge in [-0.15, -0.1) is 0 Å². The van der Waals surface area contributed by atoms with Crippen molar-refractivity contribution in [3.8, 4) is 0 Å². The second kappa shape index (κ2) is 4.68. The molecule has 1 rings (SSSR count). The number of alkyl halides is 2. The molecule has 0 radical (unpaired) electrons. The predicted molar refractivity (Wildman–Crippen MR) is 47.2 cm³/mol. The summed E-state index contributed by atoms with van der Waals surface area (Å²) in [4.78, 5) is 11.1. The molecule has 0 unspecified atom stereocenters. The molecule has 0 aromatic rings. The van der Waals surface area contributed by atoms with Crippen molar-refractivity contribution in [2.45, 2.75) is 38.2 Å². The highest BCUT2D eigenvalue weighted by Crippen LogP contribution is 2.16. The maximum atomic E-state index is 12.4. The van der Waals surface area contributed by atoms with Crippen LogP contribution in [-0.4, -0.2) is 31.1 Å². The van der Waals surface area contributed by atoms with Crippen LogP contribution in [0.15, 0.2) is 0 Å². The second-order valence-corrected chi connectivity index (χ2v) is 3.73. The Balaban J connectivity index is 2.25. The highest BCUT2D eigenvalue weighted by molar-refractivity contribution is 5.77. The number of halogens is 2. The van der Waals surface area contributed by atoms with Gasteiger partial charge < -0.3 is 10.1 Å². The van der Waals surface area contributed by atoms with Crippen molar-refractivity contribution in [3.63, 3.8) is 0 Å². The minimum atomic E-state index is -2.93. The van der Waals surface area contributed by atoms with Crippen LogP contribution in [0.4, 0.5) is 8.78 Å². The number of amides is 1. The Morgan fingerprint density at radius 1 is 1.64 bits per heavy atom. The summed E-state index contributed by atoms with van der Waals surface area (Å²) in [5.74, 6) is -3.53. The molecular formula is C9H15F2NO2. The van der Waals surface area contributed by atoms with Gasteiger partial charge in [0.15, 0.2) is 0 Å². The van der Waals surface area contributed by atoms with Crippen molar-refractivity contribution < 1.29 is 18.3 Å². The molecule has 1 aliphatic heterocycles. The Morgan fingerprint density at radius 2 is 2.36 bits per heavy atom. The van der Waals surface area contributed by atoms with Gasteiger partial charge in [-0.1, -0.05) is 0 Å². The van der Waals surface area contributed by atoms with E-state index in [9.17, 15) is 13.6 Å². The van der Waals surface area contributed by atoms with E-state index >= 15 is 0 Å². The van der Waals surface area contributed by atoms with Gasteiger partial charge in [-0.25, -0.2) is 8.78 Å². The number of ether oxygens (including phenoxy) is 1. The van der Waals surface area contributed by atoms with Crippen LogP contribution in [0.3, 0.4) is 0 Å². The zero-order chi connectivity index (χ0) is 10.6. The normalized spacial score (nSPS) is 23.2. The van der Waals surface area contributed by atoms with Crippen LogP contribution < -0.4 is 5.32 Å². The zero-order valence-electron chi connectivity index (χ0n) is 8.19. The average Bonchev–Trinajstić information content (AvgIpc) is 2.02. The highest BCUT2D eigenvalue weighted by Gasteiger charge is 2.27. The van der Waals surface area contributed by atoms with Gasteiger partial charge in [0.1, 0.15) is 0 Å². The van der Waals surface area contributed by atoms with Gasteiger partial charge in [-0.05, 0) is 19.8 Å². The second-order valence-electron chi connectivity index (χ2n) is 3.73. The quantitative estimate of drug-likeness (QED) is 0.758. The molecule has 1 heterocycles. The van der Waals surface area contributed by atoms with Crippen LogP contribution in [0.25, 0.3) is 0 Å². The Labute approximate surface area is 81.8 Å². The molecule has 82 valence electrons. The lowest BCUT2D eigenvalue weighted by atomic mass is 10.1. The average molecular weight is 207 g/mol. The Kier molecular flexibility index (Phi) is 3.80. The molecule has 0 aliphatic carbocycles. The molecule has 0 aromatic carbocycles.